The van der Waals surface area contributed by atoms with Crippen LogP contribution in [0.25, 0.3) is 11.3 Å². The third kappa shape index (κ3) is 3.71. The van der Waals surface area contributed by atoms with Gasteiger partial charge >= 0.3 is 0 Å². The molecule has 28 heavy (non-hydrogen) atoms. The number of anilines is 1. The first-order valence-corrected chi connectivity index (χ1v) is 10.3. The normalized spacial score (nSPS) is 14.9. The predicted octanol–water partition coefficient (Wildman–Crippen LogP) is 4.54. The third-order valence-electron chi connectivity index (χ3n) is 4.67. The summed E-state index contributed by atoms with van der Waals surface area (Å²) < 4.78 is 7.76. The van der Waals surface area contributed by atoms with Gasteiger partial charge in [0.1, 0.15) is 5.75 Å². The molecular formula is C21H22N4O2S. The summed E-state index contributed by atoms with van der Waals surface area (Å²) in [6.07, 6.45) is 5.65. The van der Waals surface area contributed by atoms with E-state index >= 15 is 0 Å². The Hall–Kier alpha value is -2.93. The van der Waals surface area contributed by atoms with Gasteiger partial charge in [0.15, 0.2) is 11.4 Å². The minimum absolute atomic E-state index is 0.0620. The molecule has 3 heterocycles. The van der Waals surface area contributed by atoms with E-state index in [0.29, 0.717) is 17.5 Å². The van der Waals surface area contributed by atoms with Crippen molar-refractivity contribution >= 4 is 28.6 Å². The van der Waals surface area contributed by atoms with Gasteiger partial charge in [-0.05, 0) is 43.7 Å². The minimum atomic E-state index is -0.130. The number of benzene rings is 1. The van der Waals surface area contributed by atoms with Gasteiger partial charge in [0.2, 0.25) is 0 Å². The standard InChI is InChI=1S/C21H22N4O2S/c1-3-5-14(2)25-18(13-28-21(25)23-16-6-4-9-22-11-16)15-7-8-19-17(10-15)24-20(26)12-27-19/h4,6-11,13-14H,3,5,12H2,1-2H3,(H,24,26). The molecule has 1 aliphatic heterocycles. The number of nitrogens with one attached hydrogen (secondary N) is 1. The predicted molar refractivity (Wildman–Crippen MR) is 111 cm³/mol. The summed E-state index contributed by atoms with van der Waals surface area (Å²) in [6.45, 7) is 4.46. The number of thiazole rings is 1. The van der Waals surface area contributed by atoms with Crippen LogP contribution >= 0.6 is 11.3 Å². The number of rotatable bonds is 5. The van der Waals surface area contributed by atoms with Crippen LogP contribution in [0.2, 0.25) is 0 Å². The van der Waals surface area contributed by atoms with E-state index in [9.17, 15) is 4.79 Å². The second-order valence-electron chi connectivity index (χ2n) is 6.78. The molecule has 1 amide bonds. The highest BCUT2D eigenvalue weighted by Gasteiger charge is 2.19. The van der Waals surface area contributed by atoms with Crippen LogP contribution in [0, 0.1) is 0 Å². The molecule has 144 valence electrons. The van der Waals surface area contributed by atoms with Crippen molar-refractivity contribution in [3.05, 3.63) is 52.9 Å². The fraction of sp³-hybridized carbons (Fsp3) is 0.286. The molecule has 3 aromatic rings. The maximum absolute atomic E-state index is 11.7. The minimum Gasteiger partial charge on any atom is -0.482 e. The Kier molecular flexibility index (Phi) is 5.25. The Bertz CT molecular complexity index is 1060. The number of hydrogen-bond donors (Lipinski definition) is 1. The second kappa shape index (κ2) is 7.98. The highest BCUT2D eigenvalue weighted by Crippen LogP contribution is 2.34. The van der Waals surface area contributed by atoms with E-state index in [0.717, 1.165) is 34.6 Å². The van der Waals surface area contributed by atoms with Gasteiger partial charge in [-0.25, -0.2) is 4.99 Å². The maximum atomic E-state index is 11.7. The SMILES string of the molecule is CCCC(C)n1c(-c2ccc3c(c2)NC(=O)CO3)csc1=Nc1cccnc1. The Morgan fingerprint density at radius 1 is 1.39 bits per heavy atom. The van der Waals surface area contributed by atoms with Crippen LogP contribution in [0.4, 0.5) is 11.4 Å². The van der Waals surface area contributed by atoms with Crippen molar-refractivity contribution in [3.63, 3.8) is 0 Å². The third-order valence-corrected chi connectivity index (χ3v) is 5.51. The Morgan fingerprint density at radius 3 is 3.07 bits per heavy atom. The molecule has 6 nitrogen and oxygen atoms in total. The smallest absolute Gasteiger partial charge is 0.262 e. The lowest BCUT2D eigenvalue weighted by atomic mass is 10.1. The summed E-state index contributed by atoms with van der Waals surface area (Å²) in [6, 6.07) is 10.0. The largest absolute Gasteiger partial charge is 0.482 e. The monoisotopic (exact) mass is 394 g/mol. The summed E-state index contributed by atoms with van der Waals surface area (Å²) in [5, 5.41) is 5.01. The van der Waals surface area contributed by atoms with Crippen LogP contribution in [0.3, 0.4) is 0 Å². The lowest BCUT2D eigenvalue weighted by molar-refractivity contribution is -0.118. The van der Waals surface area contributed by atoms with E-state index in [4.69, 9.17) is 9.73 Å². The molecule has 0 radical (unpaired) electrons. The number of carbonyl (C=O) groups excluding carboxylic acids is 1. The number of nitrogens with zero attached hydrogens (tertiary/aromatic N) is 3. The molecule has 0 saturated heterocycles. The van der Waals surface area contributed by atoms with Crippen molar-refractivity contribution in [2.24, 2.45) is 4.99 Å². The summed E-state index contributed by atoms with van der Waals surface area (Å²) in [4.78, 5) is 21.6. The molecule has 7 heteroatoms. The maximum Gasteiger partial charge on any atom is 0.262 e. The van der Waals surface area contributed by atoms with Crippen molar-refractivity contribution in [2.75, 3.05) is 11.9 Å². The molecule has 1 unspecified atom stereocenters. The van der Waals surface area contributed by atoms with E-state index in [2.05, 4.69) is 34.1 Å². The summed E-state index contributed by atoms with van der Waals surface area (Å²) in [7, 11) is 0. The fourth-order valence-electron chi connectivity index (χ4n) is 3.36. The molecular weight excluding hydrogens is 372 g/mol. The van der Waals surface area contributed by atoms with Gasteiger partial charge in [0.25, 0.3) is 5.91 Å². The molecule has 0 saturated carbocycles. The topological polar surface area (TPSA) is 68.5 Å². The Balaban J connectivity index is 1.82. The molecule has 0 aliphatic carbocycles. The second-order valence-corrected chi connectivity index (χ2v) is 7.62. The van der Waals surface area contributed by atoms with Gasteiger partial charge in [-0.2, -0.15) is 0 Å². The van der Waals surface area contributed by atoms with Gasteiger partial charge in [-0.3, -0.25) is 9.78 Å². The molecule has 1 aromatic carbocycles. The molecule has 2 aromatic heterocycles. The first-order valence-electron chi connectivity index (χ1n) is 9.37. The molecule has 1 N–H and O–H groups in total. The van der Waals surface area contributed by atoms with Crippen LogP contribution in [0.15, 0.2) is 53.1 Å². The molecule has 1 aliphatic rings. The van der Waals surface area contributed by atoms with Crippen molar-refractivity contribution in [1.29, 1.82) is 0 Å². The Morgan fingerprint density at radius 2 is 2.29 bits per heavy atom. The van der Waals surface area contributed by atoms with Crippen molar-refractivity contribution in [3.8, 4) is 17.0 Å². The summed E-state index contributed by atoms with van der Waals surface area (Å²) in [5.41, 5.74) is 3.65. The highest BCUT2D eigenvalue weighted by molar-refractivity contribution is 7.07. The molecule has 1 atom stereocenters. The molecule has 0 spiro atoms. The number of ether oxygens (including phenoxy) is 1. The lowest BCUT2D eigenvalue weighted by Gasteiger charge is -2.20. The fourth-order valence-corrected chi connectivity index (χ4v) is 4.37. The van der Waals surface area contributed by atoms with E-state index in [1.54, 1.807) is 23.7 Å². The van der Waals surface area contributed by atoms with Gasteiger partial charge in [0, 0.05) is 23.2 Å². The van der Waals surface area contributed by atoms with Crippen LogP contribution in [0.5, 0.6) is 5.75 Å². The van der Waals surface area contributed by atoms with E-state index in [1.165, 1.54) is 0 Å². The van der Waals surface area contributed by atoms with Crippen LogP contribution in [-0.2, 0) is 4.79 Å². The lowest BCUT2D eigenvalue weighted by Crippen LogP contribution is -2.25. The van der Waals surface area contributed by atoms with Gasteiger partial charge in [0.05, 0.1) is 23.3 Å². The van der Waals surface area contributed by atoms with E-state index in [1.807, 2.05) is 30.3 Å². The van der Waals surface area contributed by atoms with Gasteiger partial charge in [-0.1, -0.05) is 13.3 Å². The van der Waals surface area contributed by atoms with E-state index in [-0.39, 0.29) is 12.5 Å². The zero-order valence-electron chi connectivity index (χ0n) is 15.9. The number of aromatic nitrogens is 2. The zero-order chi connectivity index (χ0) is 19.5. The first-order chi connectivity index (χ1) is 13.7. The quantitative estimate of drug-likeness (QED) is 0.691. The average Bonchev–Trinajstić information content (AvgIpc) is 3.12. The number of fused-ring (bicyclic) bond motifs is 1. The van der Waals surface area contributed by atoms with Crippen molar-refractivity contribution < 1.29 is 9.53 Å². The van der Waals surface area contributed by atoms with Gasteiger partial charge < -0.3 is 14.6 Å². The van der Waals surface area contributed by atoms with Gasteiger partial charge in [-0.15, -0.1) is 11.3 Å². The number of pyridine rings is 1. The van der Waals surface area contributed by atoms with Crippen molar-refractivity contribution in [2.45, 2.75) is 32.7 Å². The summed E-state index contributed by atoms with van der Waals surface area (Å²) in [5.74, 6) is 0.571. The number of carbonyl (C=O) groups is 1. The zero-order valence-corrected chi connectivity index (χ0v) is 16.7. The summed E-state index contributed by atoms with van der Waals surface area (Å²) >= 11 is 1.61. The van der Waals surface area contributed by atoms with Crippen LogP contribution in [-0.4, -0.2) is 22.1 Å². The van der Waals surface area contributed by atoms with Crippen LogP contribution < -0.4 is 14.9 Å². The van der Waals surface area contributed by atoms with Crippen molar-refractivity contribution in [1.82, 2.24) is 9.55 Å². The molecule has 4 rings (SSSR count). The van der Waals surface area contributed by atoms with E-state index < -0.39 is 0 Å². The number of amides is 1. The highest BCUT2D eigenvalue weighted by atomic mass is 32.1. The average molecular weight is 395 g/mol. The number of hydrogen-bond acceptors (Lipinski definition) is 5. The van der Waals surface area contributed by atoms with Crippen LogP contribution in [0.1, 0.15) is 32.7 Å². The Labute approximate surface area is 167 Å². The molecule has 0 bridgehead atoms. The molecule has 0 fully saturated rings. The first kappa shape index (κ1) is 18.4.